The van der Waals surface area contributed by atoms with E-state index in [9.17, 15) is 4.79 Å². The zero-order chi connectivity index (χ0) is 10.8. The van der Waals surface area contributed by atoms with Crippen molar-refractivity contribution in [2.45, 2.75) is 19.8 Å². The van der Waals surface area contributed by atoms with Gasteiger partial charge in [0.1, 0.15) is 11.6 Å². The fourth-order valence-electron chi connectivity index (χ4n) is 0.748. The van der Waals surface area contributed by atoms with E-state index in [-0.39, 0.29) is 5.57 Å². The maximum Gasteiger partial charge on any atom is 0.348 e. The van der Waals surface area contributed by atoms with Gasteiger partial charge in [0.05, 0.1) is 6.61 Å². The molecule has 0 aliphatic heterocycles. The number of nitriles is 1. The molecule has 4 heteroatoms. The maximum absolute atomic E-state index is 10.9. The predicted octanol–water partition coefficient (Wildman–Crippen LogP) is 1.43. The third-order valence-electron chi connectivity index (χ3n) is 1.50. The zero-order valence-corrected chi connectivity index (χ0v) is 8.41. The van der Waals surface area contributed by atoms with Gasteiger partial charge in [-0.25, -0.2) is 4.79 Å². The second-order valence-corrected chi connectivity index (χ2v) is 2.63. The van der Waals surface area contributed by atoms with Crippen LogP contribution >= 0.6 is 0 Å². The van der Waals surface area contributed by atoms with Crippen LogP contribution in [0.5, 0.6) is 0 Å². The Morgan fingerprint density at radius 3 is 2.64 bits per heavy atom. The summed E-state index contributed by atoms with van der Waals surface area (Å²) in [6.07, 6.45) is 1.59. The van der Waals surface area contributed by atoms with Crippen LogP contribution in [0.3, 0.4) is 0 Å². The van der Waals surface area contributed by atoms with Gasteiger partial charge in [-0.2, -0.15) is 5.26 Å². The van der Waals surface area contributed by atoms with Crippen molar-refractivity contribution in [3.8, 4) is 6.07 Å². The predicted molar refractivity (Wildman–Crippen MR) is 51.4 cm³/mol. The first-order chi connectivity index (χ1) is 6.72. The highest BCUT2D eigenvalue weighted by Crippen LogP contribution is 1.96. The van der Waals surface area contributed by atoms with E-state index in [0.717, 1.165) is 12.8 Å². The van der Waals surface area contributed by atoms with Gasteiger partial charge in [0, 0.05) is 13.2 Å². The Morgan fingerprint density at radius 1 is 1.43 bits per heavy atom. The van der Waals surface area contributed by atoms with Crippen molar-refractivity contribution in [2.75, 3.05) is 19.8 Å². The highest BCUT2D eigenvalue weighted by molar-refractivity contribution is 5.91. The highest BCUT2D eigenvalue weighted by atomic mass is 16.5. The summed E-state index contributed by atoms with van der Waals surface area (Å²) in [4.78, 5) is 10.9. The summed E-state index contributed by atoms with van der Waals surface area (Å²) in [5.41, 5.74) is -0.158. The topological polar surface area (TPSA) is 59.3 Å². The monoisotopic (exact) mass is 197 g/mol. The van der Waals surface area contributed by atoms with Crippen LogP contribution in [-0.4, -0.2) is 25.8 Å². The molecule has 0 heterocycles. The number of rotatable bonds is 7. The molecule has 0 saturated carbocycles. The molecular formula is C10H15NO3. The smallest absolute Gasteiger partial charge is 0.348 e. The molecule has 0 aromatic heterocycles. The third kappa shape index (κ3) is 6.21. The molecule has 0 amide bonds. The lowest BCUT2D eigenvalue weighted by Crippen LogP contribution is -2.07. The van der Waals surface area contributed by atoms with Crippen molar-refractivity contribution >= 4 is 5.97 Å². The van der Waals surface area contributed by atoms with E-state index < -0.39 is 5.97 Å². The SMILES string of the molecule is C=C(C#N)C(=O)OCCCCOCC. The second-order valence-electron chi connectivity index (χ2n) is 2.63. The van der Waals surface area contributed by atoms with E-state index in [0.29, 0.717) is 19.8 Å². The average Bonchev–Trinajstić information content (AvgIpc) is 2.21. The summed E-state index contributed by atoms with van der Waals surface area (Å²) in [7, 11) is 0. The summed E-state index contributed by atoms with van der Waals surface area (Å²) in [6, 6.07) is 1.63. The average molecular weight is 197 g/mol. The molecule has 0 rings (SSSR count). The molecule has 0 aromatic rings. The van der Waals surface area contributed by atoms with E-state index in [1.54, 1.807) is 6.07 Å². The van der Waals surface area contributed by atoms with Crippen molar-refractivity contribution < 1.29 is 14.3 Å². The lowest BCUT2D eigenvalue weighted by Gasteiger charge is -2.03. The minimum atomic E-state index is -0.635. The largest absolute Gasteiger partial charge is 0.462 e. The summed E-state index contributed by atoms with van der Waals surface area (Å²) >= 11 is 0. The van der Waals surface area contributed by atoms with Crippen molar-refractivity contribution in [2.24, 2.45) is 0 Å². The van der Waals surface area contributed by atoms with Crippen LogP contribution in [0.25, 0.3) is 0 Å². The summed E-state index contributed by atoms with van der Waals surface area (Å²) in [6.45, 7) is 6.85. The van der Waals surface area contributed by atoms with Crippen LogP contribution < -0.4 is 0 Å². The number of unbranched alkanes of at least 4 members (excludes halogenated alkanes) is 1. The van der Waals surface area contributed by atoms with Gasteiger partial charge in [-0.05, 0) is 19.8 Å². The van der Waals surface area contributed by atoms with Gasteiger partial charge in [0.2, 0.25) is 0 Å². The van der Waals surface area contributed by atoms with Crippen LogP contribution in [0.4, 0.5) is 0 Å². The molecule has 0 unspecified atom stereocenters. The number of carbonyl (C=O) groups is 1. The van der Waals surface area contributed by atoms with E-state index >= 15 is 0 Å². The molecular weight excluding hydrogens is 182 g/mol. The van der Waals surface area contributed by atoms with Gasteiger partial charge in [-0.15, -0.1) is 0 Å². The first-order valence-electron chi connectivity index (χ1n) is 4.56. The number of hydrogen-bond donors (Lipinski definition) is 0. The second kappa shape index (κ2) is 8.27. The molecule has 0 radical (unpaired) electrons. The normalized spacial score (nSPS) is 9.14. The quantitative estimate of drug-likeness (QED) is 0.268. The molecule has 0 bridgehead atoms. The third-order valence-corrected chi connectivity index (χ3v) is 1.50. The fourth-order valence-corrected chi connectivity index (χ4v) is 0.748. The van der Waals surface area contributed by atoms with E-state index in [2.05, 4.69) is 6.58 Å². The fraction of sp³-hybridized carbons (Fsp3) is 0.600. The highest BCUT2D eigenvalue weighted by Gasteiger charge is 2.05. The molecule has 0 aromatic carbocycles. The minimum Gasteiger partial charge on any atom is -0.462 e. The first kappa shape index (κ1) is 12.7. The van der Waals surface area contributed by atoms with Crippen molar-refractivity contribution in [1.82, 2.24) is 0 Å². The number of nitrogens with zero attached hydrogens (tertiary/aromatic N) is 1. The Labute approximate surface area is 84.1 Å². The van der Waals surface area contributed by atoms with Crippen molar-refractivity contribution in [3.63, 3.8) is 0 Å². The van der Waals surface area contributed by atoms with Gasteiger partial charge >= 0.3 is 5.97 Å². The molecule has 0 N–H and O–H groups in total. The molecule has 0 atom stereocenters. The van der Waals surface area contributed by atoms with E-state index in [1.807, 2.05) is 6.92 Å². The van der Waals surface area contributed by atoms with Gasteiger partial charge in [-0.3, -0.25) is 0 Å². The summed E-state index contributed by atoms with van der Waals surface area (Å²) in [5.74, 6) is -0.635. The molecule has 0 fully saturated rings. The van der Waals surface area contributed by atoms with Crippen LogP contribution in [-0.2, 0) is 14.3 Å². The van der Waals surface area contributed by atoms with Gasteiger partial charge in [0.25, 0.3) is 0 Å². The van der Waals surface area contributed by atoms with E-state index in [1.165, 1.54) is 0 Å². The molecule has 4 nitrogen and oxygen atoms in total. The number of esters is 1. The standard InChI is InChI=1S/C10H15NO3/c1-3-13-6-4-5-7-14-10(12)9(2)8-11/h2-7H2,1H3. The van der Waals surface area contributed by atoms with Crippen LogP contribution in [0, 0.1) is 11.3 Å². The Balaban J connectivity index is 3.33. The molecule has 0 saturated heterocycles. The molecule has 0 aliphatic rings. The molecule has 14 heavy (non-hydrogen) atoms. The number of hydrogen-bond acceptors (Lipinski definition) is 4. The minimum absolute atomic E-state index is 0.158. The molecule has 0 aliphatic carbocycles. The van der Waals surface area contributed by atoms with Crippen LogP contribution in [0.1, 0.15) is 19.8 Å². The zero-order valence-electron chi connectivity index (χ0n) is 8.41. The van der Waals surface area contributed by atoms with Gasteiger partial charge < -0.3 is 9.47 Å². The lowest BCUT2D eigenvalue weighted by molar-refractivity contribution is -0.138. The number of carbonyl (C=O) groups excluding carboxylic acids is 1. The summed E-state index contributed by atoms with van der Waals surface area (Å²) < 4.78 is 9.86. The maximum atomic E-state index is 10.9. The van der Waals surface area contributed by atoms with E-state index in [4.69, 9.17) is 14.7 Å². The lowest BCUT2D eigenvalue weighted by atomic mass is 10.3. The Hall–Kier alpha value is -1.34. The van der Waals surface area contributed by atoms with Crippen molar-refractivity contribution in [1.29, 1.82) is 5.26 Å². The van der Waals surface area contributed by atoms with Crippen LogP contribution in [0.2, 0.25) is 0 Å². The summed E-state index contributed by atoms with van der Waals surface area (Å²) in [5, 5.41) is 8.31. The van der Waals surface area contributed by atoms with Crippen LogP contribution in [0.15, 0.2) is 12.2 Å². The van der Waals surface area contributed by atoms with Gasteiger partial charge in [-0.1, -0.05) is 6.58 Å². The number of ether oxygens (including phenoxy) is 2. The Kier molecular flexibility index (Phi) is 7.48. The molecule has 0 spiro atoms. The first-order valence-corrected chi connectivity index (χ1v) is 4.56. The van der Waals surface area contributed by atoms with Crippen molar-refractivity contribution in [3.05, 3.63) is 12.2 Å². The Morgan fingerprint density at radius 2 is 2.07 bits per heavy atom. The van der Waals surface area contributed by atoms with Gasteiger partial charge in [0.15, 0.2) is 0 Å². The Bertz CT molecular complexity index is 230. The molecule has 78 valence electrons.